The van der Waals surface area contributed by atoms with Gasteiger partial charge in [-0.25, -0.2) is 9.67 Å². The maximum absolute atomic E-state index is 10.1. The van der Waals surface area contributed by atoms with Crippen molar-refractivity contribution in [3.63, 3.8) is 0 Å². The summed E-state index contributed by atoms with van der Waals surface area (Å²) in [6.07, 6.45) is 2.55. The lowest BCUT2D eigenvalue weighted by Crippen LogP contribution is -2.28. The summed E-state index contributed by atoms with van der Waals surface area (Å²) >= 11 is 0. The van der Waals surface area contributed by atoms with E-state index in [1.54, 1.807) is 6.20 Å². The quantitative estimate of drug-likeness (QED) is 0.738. The van der Waals surface area contributed by atoms with Crippen LogP contribution in [0.2, 0.25) is 0 Å². The van der Waals surface area contributed by atoms with E-state index >= 15 is 0 Å². The van der Waals surface area contributed by atoms with Gasteiger partial charge in [0.25, 0.3) is 0 Å². The van der Waals surface area contributed by atoms with Gasteiger partial charge in [-0.2, -0.15) is 0 Å². The van der Waals surface area contributed by atoms with Gasteiger partial charge in [-0.05, 0) is 44.0 Å². The number of nitrogens with two attached hydrogens (primary N) is 1. The number of nitrogens with zero attached hydrogens (tertiary/aromatic N) is 4. The summed E-state index contributed by atoms with van der Waals surface area (Å²) in [5.74, 6) is 1.50. The van der Waals surface area contributed by atoms with Gasteiger partial charge in [-0.1, -0.05) is 23.8 Å². The van der Waals surface area contributed by atoms with Gasteiger partial charge < -0.3 is 10.8 Å². The molecule has 3 atom stereocenters. The summed E-state index contributed by atoms with van der Waals surface area (Å²) in [5, 5.41) is 14.8. The van der Waals surface area contributed by atoms with Gasteiger partial charge in [0.05, 0.1) is 11.8 Å². The Bertz CT molecular complexity index is 855. The molecular formula is C19H22ClN5O. The summed E-state index contributed by atoms with van der Waals surface area (Å²) in [4.78, 5) is 9.11. The van der Waals surface area contributed by atoms with Gasteiger partial charge >= 0.3 is 0 Å². The summed E-state index contributed by atoms with van der Waals surface area (Å²) < 4.78 is 1.86. The first-order valence-corrected chi connectivity index (χ1v) is 8.51. The first-order valence-electron chi connectivity index (χ1n) is 8.51. The third-order valence-corrected chi connectivity index (χ3v) is 4.75. The lowest BCUT2D eigenvalue weighted by atomic mass is 10.1. The molecule has 1 aliphatic carbocycles. The van der Waals surface area contributed by atoms with Gasteiger partial charge in [0.2, 0.25) is 0 Å². The van der Waals surface area contributed by atoms with E-state index in [-0.39, 0.29) is 24.4 Å². The molecule has 0 unspecified atom stereocenters. The number of hydrogen-bond donors (Lipinski definition) is 2. The van der Waals surface area contributed by atoms with Crippen molar-refractivity contribution in [3.8, 4) is 17.2 Å². The molecule has 0 bridgehead atoms. The fraction of sp³-hybridized carbons (Fsp3) is 0.316. The van der Waals surface area contributed by atoms with Crippen LogP contribution in [0.1, 0.15) is 30.1 Å². The van der Waals surface area contributed by atoms with Crippen LogP contribution in [0.5, 0.6) is 0 Å². The van der Waals surface area contributed by atoms with Gasteiger partial charge in [0.1, 0.15) is 11.5 Å². The first kappa shape index (κ1) is 18.5. The van der Waals surface area contributed by atoms with Gasteiger partial charge in [0.15, 0.2) is 5.82 Å². The number of hydrogen-bond acceptors (Lipinski definition) is 5. The fourth-order valence-electron chi connectivity index (χ4n) is 3.33. The van der Waals surface area contributed by atoms with Crippen LogP contribution in [0, 0.1) is 6.92 Å². The summed E-state index contributed by atoms with van der Waals surface area (Å²) in [6, 6.07) is 13.6. The average Bonchev–Trinajstić information content (AvgIpc) is 3.21. The maximum Gasteiger partial charge on any atom is 0.200 e. The van der Waals surface area contributed by atoms with Gasteiger partial charge in [-0.3, -0.25) is 4.98 Å². The van der Waals surface area contributed by atoms with Crippen molar-refractivity contribution in [1.29, 1.82) is 0 Å². The fourth-order valence-corrected chi connectivity index (χ4v) is 3.33. The number of aliphatic hydroxyl groups is 1. The molecule has 26 heavy (non-hydrogen) atoms. The largest absolute Gasteiger partial charge is 0.391 e. The molecule has 0 amide bonds. The Balaban J connectivity index is 0.00000196. The highest BCUT2D eigenvalue weighted by atomic mass is 35.5. The van der Waals surface area contributed by atoms with Crippen LogP contribution in [0.15, 0.2) is 48.7 Å². The normalized spacial score (nSPS) is 22.2. The topological polar surface area (TPSA) is 89.9 Å². The van der Waals surface area contributed by atoms with Crippen molar-refractivity contribution in [1.82, 2.24) is 19.7 Å². The standard InChI is InChI=1S/C19H21N5O.ClH/c1-12-5-7-14(8-6-12)24-19(13-10-15(20)17(25)11-13)22-18(23-24)16-4-2-3-9-21-16;/h2-9,13,15,17,25H,10-11,20H2,1H3;1H/t13-,15+,17+;/m0./s1. The molecule has 7 heteroatoms. The van der Waals surface area contributed by atoms with E-state index in [0.717, 1.165) is 17.2 Å². The molecule has 136 valence electrons. The lowest BCUT2D eigenvalue weighted by Gasteiger charge is -2.11. The van der Waals surface area contributed by atoms with Crippen LogP contribution in [-0.4, -0.2) is 37.0 Å². The number of pyridine rings is 1. The number of benzene rings is 1. The van der Waals surface area contributed by atoms with E-state index in [9.17, 15) is 5.11 Å². The van der Waals surface area contributed by atoms with E-state index in [4.69, 9.17) is 15.8 Å². The number of aliphatic hydroxyl groups excluding tert-OH is 1. The molecule has 0 spiro atoms. The molecule has 1 aliphatic rings. The Morgan fingerprint density at radius 2 is 1.88 bits per heavy atom. The zero-order chi connectivity index (χ0) is 17.4. The molecule has 1 fully saturated rings. The van der Waals surface area contributed by atoms with Crippen LogP contribution in [0.25, 0.3) is 17.2 Å². The highest BCUT2D eigenvalue weighted by molar-refractivity contribution is 5.85. The smallest absolute Gasteiger partial charge is 0.200 e. The SMILES string of the molecule is Cc1ccc(-n2nc(-c3ccccn3)nc2[C@H]2C[C@@H](N)[C@H](O)C2)cc1.Cl. The Morgan fingerprint density at radius 3 is 2.50 bits per heavy atom. The van der Waals surface area contributed by atoms with Crippen molar-refractivity contribution in [2.45, 2.75) is 37.8 Å². The van der Waals surface area contributed by atoms with Crippen molar-refractivity contribution < 1.29 is 5.11 Å². The summed E-state index contributed by atoms with van der Waals surface area (Å²) in [7, 11) is 0. The highest BCUT2D eigenvalue weighted by Crippen LogP contribution is 2.34. The van der Waals surface area contributed by atoms with Gasteiger partial charge in [0, 0.05) is 18.2 Å². The van der Waals surface area contributed by atoms with E-state index < -0.39 is 6.10 Å². The molecular weight excluding hydrogens is 350 g/mol. The molecule has 0 radical (unpaired) electrons. The van der Waals surface area contributed by atoms with Crippen LogP contribution in [0.3, 0.4) is 0 Å². The van der Waals surface area contributed by atoms with E-state index in [0.29, 0.717) is 18.7 Å². The molecule has 1 aromatic carbocycles. The molecule has 1 saturated carbocycles. The molecule has 3 aromatic rings. The zero-order valence-corrected chi connectivity index (χ0v) is 15.3. The predicted molar refractivity (Wildman–Crippen MR) is 103 cm³/mol. The van der Waals surface area contributed by atoms with Crippen LogP contribution in [-0.2, 0) is 0 Å². The molecule has 4 rings (SSSR count). The lowest BCUT2D eigenvalue weighted by molar-refractivity contribution is 0.163. The van der Waals surface area contributed by atoms with E-state index in [1.165, 1.54) is 5.56 Å². The third kappa shape index (κ3) is 3.49. The van der Waals surface area contributed by atoms with Crippen LogP contribution >= 0.6 is 12.4 Å². The van der Waals surface area contributed by atoms with E-state index in [2.05, 4.69) is 24.0 Å². The van der Waals surface area contributed by atoms with Crippen LogP contribution in [0.4, 0.5) is 0 Å². The second-order valence-electron chi connectivity index (χ2n) is 6.66. The highest BCUT2D eigenvalue weighted by Gasteiger charge is 2.35. The second-order valence-corrected chi connectivity index (χ2v) is 6.66. The molecule has 0 saturated heterocycles. The molecule has 0 aliphatic heterocycles. The minimum atomic E-state index is -0.494. The van der Waals surface area contributed by atoms with Crippen LogP contribution < -0.4 is 5.73 Å². The molecule has 2 heterocycles. The Morgan fingerprint density at radius 1 is 1.12 bits per heavy atom. The number of aryl methyl sites for hydroxylation is 1. The number of halogens is 1. The molecule has 2 aromatic heterocycles. The average molecular weight is 372 g/mol. The van der Waals surface area contributed by atoms with Gasteiger partial charge in [-0.15, -0.1) is 17.5 Å². The second kappa shape index (κ2) is 7.53. The minimum Gasteiger partial charge on any atom is -0.391 e. The van der Waals surface area contributed by atoms with E-state index in [1.807, 2.05) is 35.0 Å². The zero-order valence-electron chi connectivity index (χ0n) is 14.5. The van der Waals surface area contributed by atoms with Crippen molar-refractivity contribution >= 4 is 12.4 Å². The Labute approximate surface area is 158 Å². The first-order chi connectivity index (χ1) is 12.1. The Hall–Kier alpha value is -2.28. The summed E-state index contributed by atoms with van der Waals surface area (Å²) in [6.45, 7) is 2.05. The predicted octanol–water partition coefficient (Wildman–Crippen LogP) is 2.63. The monoisotopic (exact) mass is 371 g/mol. The van der Waals surface area contributed by atoms with Crippen molar-refractivity contribution in [2.24, 2.45) is 5.73 Å². The minimum absolute atomic E-state index is 0. The van der Waals surface area contributed by atoms with Crippen molar-refractivity contribution in [2.75, 3.05) is 0 Å². The maximum atomic E-state index is 10.1. The number of aromatic nitrogens is 4. The Kier molecular flexibility index (Phi) is 5.36. The number of rotatable bonds is 3. The third-order valence-electron chi connectivity index (χ3n) is 4.75. The summed E-state index contributed by atoms with van der Waals surface area (Å²) in [5.41, 5.74) is 8.88. The molecule has 6 nitrogen and oxygen atoms in total. The van der Waals surface area contributed by atoms with Crippen molar-refractivity contribution in [3.05, 3.63) is 60.0 Å². The molecule has 3 N–H and O–H groups in total.